The molecule has 0 spiro atoms. The quantitative estimate of drug-likeness (QED) is 0.814. The Morgan fingerprint density at radius 2 is 2.11 bits per heavy atom. The van der Waals surface area contributed by atoms with Crippen LogP contribution in [0.5, 0.6) is 5.75 Å². The zero-order valence-corrected chi connectivity index (χ0v) is 16.1. The van der Waals surface area contributed by atoms with Crippen molar-refractivity contribution in [1.82, 2.24) is 0 Å². The van der Waals surface area contributed by atoms with E-state index in [1.54, 1.807) is 7.11 Å². The molecule has 6 nitrogen and oxygen atoms in total. The standard InChI is InChI=1S/C20H21NO5S/c1-24-12-6-7-13-11(10-12)5-8-15-16(13)17(20(23)25-2)19(27-15)21-18(22)14-4-3-9-26-14/h6-7,10,14H,3-5,8-9H2,1-2H3,(H,21,22). The van der Waals surface area contributed by atoms with Crippen LogP contribution < -0.4 is 10.1 Å². The lowest BCUT2D eigenvalue weighted by Gasteiger charge is -2.18. The van der Waals surface area contributed by atoms with E-state index in [1.165, 1.54) is 18.4 Å². The van der Waals surface area contributed by atoms with Crippen molar-refractivity contribution in [2.75, 3.05) is 26.1 Å². The normalized spacial score (nSPS) is 17.8. The minimum absolute atomic E-state index is 0.203. The predicted molar refractivity (Wildman–Crippen MR) is 103 cm³/mol. The average Bonchev–Trinajstić information content (AvgIpc) is 3.34. The Morgan fingerprint density at radius 3 is 2.81 bits per heavy atom. The number of nitrogens with one attached hydrogen (secondary N) is 1. The van der Waals surface area contributed by atoms with Crippen LogP contribution in [0.2, 0.25) is 0 Å². The Bertz CT molecular complexity index is 898. The molecule has 1 amide bonds. The lowest BCUT2D eigenvalue weighted by atomic mass is 9.88. The summed E-state index contributed by atoms with van der Waals surface area (Å²) in [5.41, 5.74) is 3.40. The van der Waals surface area contributed by atoms with E-state index in [9.17, 15) is 9.59 Å². The maximum Gasteiger partial charge on any atom is 0.341 e. The van der Waals surface area contributed by atoms with Crippen LogP contribution >= 0.6 is 11.3 Å². The lowest BCUT2D eigenvalue weighted by Crippen LogP contribution is -2.27. The third-order valence-corrected chi connectivity index (χ3v) is 6.20. The van der Waals surface area contributed by atoms with Gasteiger partial charge >= 0.3 is 5.97 Å². The van der Waals surface area contributed by atoms with E-state index in [0.29, 0.717) is 23.6 Å². The minimum Gasteiger partial charge on any atom is -0.497 e. The molecule has 1 aliphatic heterocycles. The van der Waals surface area contributed by atoms with Crippen molar-refractivity contribution >= 4 is 28.2 Å². The monoisotopic (exact) mass is 387 g/mol. The van der Waals surface area contributed by atoms with Gasteiger partial charge in [0.1, 0.15) is 22.4 Å². The number of esters is 1. The summed E-state index contributed by atoms with van der Waals surface area (Å²) in [5, 5.41) is 3.45. The van der Waals surface area contributed by atoms with Crippen molar-refractivity contribution < 1.29 is 23.8 Å². The number of methoxy groups -OCH3 is 2. The van der Waals surface area contributed by atoms with Gasteiger partial charge in [-0.3, -0.25) is 4.79 Å². The molecule has 1 aliphatic carbocycles. The third kappa shape index (κ3) is 3.21. The van der Waals surface area contributed by atoms with Crippen molar-refractivity contribution in [1.29, 1.82) is 0 Å². The van der Waals surface area contributed by atoms with Crippen LogP contribution in [0.4, 0.5) is 5.00 Å². The van der Waals surface area contributed by atoms with Gasteiger partial charge in [0, 0.05) is 17.0 Å². The van der Waals surface area contributed by atoms with Gasteiger partial charge in [-0.05, 0) is 48.9 Å². The second kappa shape index (κ2) is 7.32. The third-order valence-electron chi connectivity index (χ3n) is 5.03. The number of benzene rings is 1. The van der Waals surface area contributed by atoms with E-state index >= 15 is 0 Å². The highest BCUT2D eigenvalue weighted by Crippen LogP contribution is 2.46. The number of fused-ring (bicyclic) bond motifs is 3. The molecule has 1 fully saturated rings. The molecule has 1 N–H and O–H groups in total. The van der Waals surface area contributed by atoms with Gasteiger partial charge in [-0.1, -0.05) is 6.07 Å². The lowest BCUT2D eigenvalue weighted by molar-refractivity contribution is -0.124. The summed E-state index contributed by atoms with van der Waals surface area (Å²) in [5.74, 6) is 0.143. The number of ether oxygens (including phenoxy) is 3. The van der Waals surface area contributed by atoms with E-state index in [2.05, 4.69) is 5.32 Å². The van der Waals surface area contributed by atoms with Crippen molar-refractivity contribution in [2.24, 2.45) is 0 Å². The fourth-order valence-electron chi connectivity index (χ4n) is 3.70. The summed E-state index contributed by atoms with van der Waals surface area (Å²) < 4.78 is 15.8. The highest BCUT2D eigenvalue weighted by Gasteiger charge is 2.32. The number of hydrogen-bond acceptors (Lipinski definition) is 6. The summed E-state index contributed by atoms with van der Waals surface area (Å²) in [4.78, 5) is 26.2. The highest BCUT2D eigenvalue weighted by molar-refractivity contribution is 7.17. The zero-order valence-electron chi connectivity index (χ0n) is 15.3. The average molecular weight is 387 g/mol. The number of thiophene rings is 1. The summed E-state index contributed by atoms with van der Waals surface area (Å²) >= 11 is 1.45. The Kier molecular flexibility index (Phi) is 4.88. The van der Waals surface area contributed by atoms with Gasteiger partial charge in [0.2, 0.25) is 0 Å². The Labute approximate surface area is 161 Å². The Balaban J connectivity index is 1.77. The van der Waals surface area contributed by atoms with E-state index < -0.39 is 12.1 Å². The first-order chi connectivity index (χ1) is 13.1. The molecule has 7 heteroatoms. The Hall–Kier alpha value is -2.38. The summed E-state index contributed by atoms with van der Waals surface area (Å²) in [7, 11) is 3.00. The van der Waals surface area contributed by atoms with Gasteiger partial charge in [0.05, 0.1) is 14.2 Å². The molecule has 27 heavy (non-hydrogen) atoms. The van der Waals surface area contributed by atoms with Crippen LogP contribution in [0.25, 0.3) is 11.1 Å². The molecule has 0 radical (unpaired) electrons. The highest BCUT2D eigenvalue weighted by atomic mass is 32.1. The zero-order chi connectivity index (χ0) is 19.0. The molecule has 0 saturated carbocycles. The molecule has 1 saturated heterocycles. The Morgan fingerprint density at radius 1 is 1.26 bits per heavy atom. The van der Waals surface area contributed by atoms with Crippen LogP contribution in [0.3, 0.4) is 0 Å². The number of hydrogen-bond donors (Lipinski definition) is 1. The van der Waals surface area contributed by atoms with Crippen LogP contribution in [0, 0.1) is 0 Å². The fraction of sp³-hybridized carbons (Fsp3) is 0.400. The maximum atomic E-state index is 12.6. The van der Waals surface area contributed by atoms with Crippen molar-refractivity contribution in [3.63, 3.8) is 0 Å². The molecule has 2 heterocycles. The van der Waals surface area contributed by atoms with Gasteiger partial charge < -0.3 is 19.5 Å². The van der Waals surface area contributed by atoms with E-state index in [-0.39, 0.29) is 5.91 Å². The van der Waals surface area contributed by atoms with E-state index in [4.69, 9.17) is 14.2 Å². The molecular weight excluding hydrogens is 366 g/mol. The molecule has 2 aliphatic rings. The molecule has 0 bridgehead atoms. The van der Waals surface area contributed by atoms with Gasteiger partial charge in [-0.2, -0.15) is 0 Å². The van der Waals surface area contributed by atoms with Gasteiger partial charge in [-0.25, -0.2) is 4.79 Å². The summed E-state index contributed by atoms with van der Waals surface area (Å²) in [6, 6.07) is 5.86. The van der Waals surface area contributed by atoms with Gasteiger partial charge in [0.15, 0.2) is 0 Å². The fourth-order valence-corrected chi connectivity index (χ4v) is 4.90. The molecule has 4 rings (SSSR count). The molecule has 142 valence electrons. The first-order valence-electron chi connectivity index (χ1n) is 8.96. The molecule has 1 atom stereocenters. The molecule has 1 aromatic heterocycles. The van der Waals surface area contributed by atoms with Crippen LogP contribution in [0.1, 0.15) is 33.6 Å². The number of amides is 1. The minimum atomic E-state index is -0.453. The first kappa shape index (κ1) is 18.0. The first-order valence-corrected chi connectivity index (χ1v) is 9.77. The molecular formula is C20H21NO5S. The SMILES string of the molecule is COC(=O)c1c(NC(=O)C2CCCO2)sc2c1-c1ccc(OC)cc1CC2. The van der Waals surface area contributed by atoms with Crippen LogP contribution in [-0.2, 0) is 27.1 Å². The summed E-state index contributed by atoms with van der Waals surface area (Å²) in [6.45, 7) is 0.595. The van der Waals surface area contributed by atoms with E-state index in [1.807, 2.05) is 18.2 Å². The van der Waals surface area contributed by atoms with Crippen molar-refractivity contribution in [3.8, 4) is 16.9 Å². The number of rotatable bonds is 4. The maximum absolute atomic E-state index is 12.6. The molecule has 2 aromatic rings. The second-order valence-electron chi connectivity index (χ2n) is 6.61. The number of carbonyl (C=O) groups excluding carboxylic acids is 2. The smallest absolute Gasteiger partial charge is 0.341 e. The van der Waals surface area contributed by atoms with Crippen LogP contribution in [0.15, 0.2) is 18.2 Å². The molecule has 1 aromatic carbocycles. The van der Waals surface area contributed by atoms with Crippen molar-refractivity contribution in [3.05, 3.63) is 34.2 Å². The largest absolute Gasteiger partial charge is 0.497 e. The van der Waals surface area contributed by atoms with E-state index in [0.717, 1.165) is 46.6 Å². The summed E-state index contributed by atoms with van der Waals surface area (Å²) in [6.07, 6.45) is 2.79. The molecule has 1 unspecified atom stereocenters. The topological polar surface area (TPSA) is 73.9 Å². The second-order valence-corrected chi connectivity index (χ2v) is 7.72. The number of anilines is 1. The van der Waals surface area contributed by atoms with Gasteiger partial charge in [0.25, 0.3) is 5.91 Å². The number of carbonyl (C=O) groups is 2. The predicted octanol–water partition coefficient (Wildman–Crippen LogP) is 3.43. The van der Waals surface area contributed by atoms with Crippen LogP contribution in [-0.4, -0.2) is 38.8 Å². The van der Waals surface area contributed by atoms with Crippen molar-refractivity contribution in [2.45, 2.75) is 31.8 Å². The number of aryl methyl sites for hydroxylation is 2. The van der Waals surface area contributed by atoms with Gasteiger partial charge in [-0.15, -0.1) is 11.3 Å².